The molecule has 0 spiro atoms. The second-order valence-electron chi connectivity index (χ2n) is 6.90. The summed E-state index contributed by atoms with van der Waals surface area (Å²) in [6.07, 6.45) is 3.48. The standard InChI is InChI=1S/C22H27NO2/c1-22(19-11-4-2-5-12-19,20-13-6-3-7-14-20)21(24)25-18-10-17-23-15-8-9-16-23/h2-7,11-14H,8-10,15-18H2,1H3. The van der Waals surface area contributed by atoms with Crippen LogP contribution in [0, 0.1) is 0 Å². The molecule has 0 unspecified atom stereocenters. The minimum absolute atomic E-state index is 0.175. The SMILES string of the molecule is CC(C(=O)OCCCN1CCCC1)(c1ccccc1)c1ccccc1. The number of likely N-dealkylation sites (tertiary alicyclic amines) is 1. The van der Waals surface area contributed by atoms with E-state index in [2.05, 4.69) is 4.90 Å². The summed E-state index contributed by atoms with van der Waals surface area (Å²) < 4.78 is 5.71. The smallest absolute Gasteiger partial charge is 0.320 e. The molecule has 2 aromatic carbocycles. The summed E-state index contributed by atoms with van der Waals surface area (Å²) in [7, 11) is 0. The number of ether oxygens (including phenoxy) is 1. The fourth-order valence-corrected chi connectivity index (χ4v) is 3.55. The Morgan fingerprint density at radius 3 is 2.00 bits per heavy atom. The van der Waals surface area contributed by atoms with Crippen LogP contribution in [0.1, 0.15) is 37.3 Å². The van der Waals surface area contributed by atoms with Crippen LogP contribution in [0.2, 0.25) is 0 Å². The van der Waals surface area contributed by atoms with Gasteiger partial charge in [-0.2, -0.15) is 0 Å². The van der Waals surface area contributed by atoms with Crippen LogP contribution in [0.15, 0.2) is 60.7 Å². The number of carbonyl (C=O) groups is 1. The highest BCUT2D eigenvalue weighted by Gasteiger charge is 2.38. The molecule has 0 amide bonds. The van der Waals surface area contributed by atoms with Crippen molar-refractivity contribution in [3.8, 4) is 0 Å². The molecule has 0 bridgehead atoms. The van der Waals surface area contributed by atoms with E-state index in [0.29, 0.717) is 6.61 Å². The van der Waals surface area contributed by atoms with Gasteiger partial charge in [-0.15, -0.1) is 0 Å². The lowest BCUT2D eigenvalue weighted by molar-refractivity contribution is -0.148. The molecule has 1 saturated heterocycles. The van der Waals surface area contributed by atoms with Crippen LogP contribution in [0.3, 0.4) is 0 Å². The number of esters is 1. The molecule has 3 nitrogen and oxygen atoms in total. The Bertz CT molecular complexity index is 623. The third-order valence-corrected chi connectivity index (χ3v) is 5.16. The maximum atomic E-state index is 13.0. The average molecular weight is 337 g/mol. The number of carbonyl (C=O) groups excluding carboxylic acids is 1. The van der Waals surface area contributed by atoms with E-state index in [1.165, 1.54) is 25.9 Å². The van der Waals surface area contributed by atoms with E-state index >= 15 is 0 Å². The number of nitrogens with zero attached hydrogens (tertiary/aromatic N) is 1. The van der Waals surface area contributed by atoms with E-state index < -0.39 is 5.41 Å². The highest BCUT2D eigenvalue weighted by Crippen LogP contribution is 2.33. The normalized spacial score (nSPS) is 15.2. The summed E-state index contributed by atoms with van der Waals surface area (Å²) in [5.74, 6) is -0.175. The van der Waals surface area contributed by atoms with Crippen molar-refractivity contribution in [2.75, 3.05) is 26.2 Å². The summed E-state index contributed by atoms with van der Waals surface area (Å²) >= 11 is 0. The minimum atomic E-state index is -0.782. The van der Waals surface area contributed by atoms with Crippen molar-refractivity contribution >= 4 is 5.97 Å². The van der Waals surface area contributed by atoms with Gasteiger partial charge in [-0.25, -0.2) is 0 Å². The summed E-state index contributed by atoms with van der Waals surface area (Å²) in [4.78, 5) is 15.5. The van der Waals surface area contributed by atoms with Gasteiger partial charge in [0.2, 0.25) is 0 Å². The molecule has 0 aromatic heterocycles. The van der Waals surface area contributed by atoms with Crippen LogP contribution in [-0.4, -0.2) is 37.1 Å². The number of rotatable bonds is 7. The van der Waals surface area contributed by atoms with Crippen LogP contribution >= 0.6 is 0 Å². The van der Waals surface area contributed by atoms with Crippen LogP contribution in [0.5, 0.6) is 0 Å². The fourth-order valence-electron chi connectivity index (χ4n) is 3.55. The molecular formula is C22H27NO2. The van der Waals surface area contributed by atoms with Crippen LogP contribution in [0.25, 0.3) is 0 Å². The Hall–Kier alpha value is -2.13. The van der Waals surface area contributed by atoms with Gasteiger partial charge in [0, 0.05) is 6.54 Å². The minimum Gasteiger partial charge on any atom is -0.465 e. The highest BCUT2D eigenvalue weighted by molar-refractivity contribution is 5.87. The molecule has 1 fully saturated rings. The van der Waals surface area contributed by atoms with Gasteiger partial charge in [0.1, 0.15) is 5.41 Å². The lowest BCUT2D eigenvalue weighted by atomic mass is 9.76. The Kier molecular flexibility index (Phi) is 5.87. The lowest BCUT2D eigenvalue weighted by Crippen LogP contribution is -2.36. The zero-order chi connectivity index (χ0) is 17.5. The van der Waals surface area contributed by atoms with E-state index in [0.717, 1.165) is 24.1 Å². The van der Waals surface area contributed by atoms with Gasteiger partial charge < -0.3 is 9.64 Å². The predicted octanol–water partition coefficient (Wildman–Crippen LogP) is 4.02. The molecule has 0 radical (unpaired) electrons. The van der Waals surface area contributed by atoms with Crippen molar-refractivity contribution in [1.29, 1.82) is 0 Å². The maximum Gasteiger partial charge on any atom is 0.320 e. The van der Waals surface area contributed by atoms with Crippen molar-refractivity contribution in [3.63, 3.8) is 0 Å². The molecule has 0 N–H and O–H groups in total. The van der Waals surface area contributed by atoms with Gasteiger partial charge in [0.05, 0.1) is 6.61 Å². The molecule has 1 aliphatic rings. The molecule has 0 atom stereocenters. The molecule has 3 rings (SSSR count). The summed E-state index contributed by atoms with van der Waals surface area (Å²) in [5, 5.41) is 0. The molecule has 132 valence electrons. The first-order chi connectivity index (χ1) is 12.2. The molecule has 25 heavy (non-hydrogen) atoms. The van der Waals surface area contributed by atoms with Gasteiger partial charge in [0.25, 0.3) is 0 Å². The maximum absolute atomic E-state index is 13.0. The number of hydrogen-bond donors (Lipinski definition) is 0. The van der Waals surface area contributed by atoms with Gasteiger partial charge in [-0.1, -0.05) is 60.7 Å². The van der Waals surface area contributed by atoms with E-state index in [9.17, 15) is 4.79 Å². The first-order valence-corrected chi connectivity index (χ1v) is 9.22. The van der Waals surface area contributed by atoms with Gasteiger partial charge >= 0.3 is 5.97 Å². The Balaban J connectivity index is 1.69. The summed E-state index contributed by atoms with van der Waals surface area (Å²) in [6.45, 7) is 5.81. The van der Waals surface area contributed by atoms with Crippen LogP contribution in [-0.2, 0) is 14.9 Å². The van der Waals surface area contributed by atoms with Crippen molar-refractivity contribution in [3.05, 3.63) is 71.8 Å². The van der Waals surface area contributed by atoms with Crippen molar-refractivity contribution < 1.29 is 9.53 Å². The molecular weight excluding hydrogens is 310 g/mol. The first kappa shape index (κ1) is 17.7. The largest absolute Gasteiger partial charge is 0.465 e. The quantitative estimate of drug-likeness (QED) is 0.564. The zero-order valence-corrected chi connectivity index (χ0v) is 15.0. The molecule has 0 saturated carbocycles. The molecule has 1 heterocycles. The van der Waals surface area contributed by atoms with E-state index in [-0.39, 0.29) is 5.97 Å². The summed E-state index contributed by atoms with van der Waals surface area (Å²) in [6, 6.07) is 19.8. The molecule has 1 aliphatic heterocycles. The van der Waals surface area contributed by atoms with Gasteiger partial charge in [0.15, 0.2) is 0 Å². The Morgan fingerprint density at radius 1 is 0.960 bits per heavy atom. The second-order valence-corrected chi connectivity index (χ2v) is 6.90. The third kappa shape index (κ3) is 4.10. The molecule has 3 heteroatoms. The van der Waals surface area contributed by atoms with Gasteiger partial charge in [-0.3, -0.25) is 4.79 Å². The van der Waals surface area contributed by atoms with E-state index in [1.807, 2.05) is 67.6 Å². The van der Waals surface area contributed by atoms with Crippen LogP contribution < -0.4 is 0 Å². The highest BCUT2D eigenvalue weighted by atomic mass is 16.5. The topological polar surface area (TPSA) is 29.5 Å². The van der Waals surface area contributed by atoms with Crippen molar-refractivity contribution in [2.24, 2.45) is 0 Å². The zero-order valence-electron chi connectivity index (χ0n) is 15.0. The third-order valence-electron chi connectivity index (χ3n) is 5.16. The number of hydrogen-bond acceptors (Lipinski definition) is 3. The van der Waals surface area contributed by atoms with Gasteiger partial charge in [-0.05, 0) is 50.4 Å². The predicted molar refractivity (Wildman–Crippen MR) is 101 cm³/mol. The number of benzene rings is 2. The lowest BCUT2D eigenvalue weighted by Gasteiger charge is -2.28. The van der Waals surface area contributed by atoms with E-state index in [4.69, 9.17) is 4.74 Å². The summed E-state index contributed by atoms with van der Waals surface area (Å²) in [5.41, 5.74) is 1.15. The first-order valence-electron chi connectivity index (χ1n) is 9.22. The Morgan fingerprint density at radius 2 is 1.48 bits per heavy atom. The van der Waals surface area contributed by atoms with Crippen molar-refractivity contribution in [2.45, 2.75) is 31.6 Å². The second kappa shape index (κ2) is 8.30. The fraction of sp³-hybridized carbons (Fsp3) is 0.409. The van der Waals surface area contributed by atoms with Crippen LogP contribution in [0.4, 0.5) is 0 Å². The molecule has 2 aromatic rings. The Labute approximate surface area is 150 Å². The van der Waals surface area contributed by atoms with Crippen molar-refractivity contribution in [1.82, 2.24) is 4.90 Å². The van der Waals surface area contributed by atoms with E-state index in [1.54, 1.807) is 0 Å². The monoisotopic (exact) mass is 337 g/mol. The molecule has 0 aliphatic carbocycles. The average Bonchev–Trinajstić information content (AvgIpc) is 3.19.